The maximum atomic E-state index is 11.8. The van der Waals surface area contributed by atoms with Crippen LogP contribution in [0.2, 0.25) is 0 Å². The largest absolute Gasteiger partial charge is 0.398 e. The van der Waals surface area contributed by atoms with Gasteiger partial charge in [-0.2, -0.15) is 0 Å². The summed E-state index contributed by atoms with van der Waals surface area (Å²) in [5, 5.41) is 0. The number of nitrogens with one attached hydrogen (secondary N) is 1. The molecule has 1 rings (SSSR count). The van der Waals surface area contributed by atoms with Crippen LogP contribution < -0.4 is 10.5 Å². The van der Waals surface area contributed by atoms with Crippen molar-refractivity contribution in [2.75, 3.05) is 23.8 Å². The van der Waals surface area contributed by atoms with Crippen LogP contribution in [0.1, 0.15) is 6.92 Å². The molecule has 0 amide bonds. The van der Waals surface area contributed by atoms with Gasteiger partial charge in [-0.05, 0) is 12.1 Å². The lowest BCUT2D eigenvalue weighted by atomic mass is 10.3. The highest BCUT2D eigenvalue weighted by Gasteiger charge is 2.16. The van der Waals surface area contributed by atoms with Crippen molar-refractivity contribution in [1.82, 2.24) is 4.72 Å². The molecule has 3 N–H and O–H groups in total. The lowest BCUT2D eigenvalue weighted by Crippen LogP contribution is -2.28. The first-order valence-electron chi connectivity index (χ1n) is 5.16. The van der Waals surface area contributed by atoms with E-state index in [1.54, 1.807) is 19.1 Å². The first-order valence-corrected chi connectivity index (χ1v) is 8.13. The molecule has 1 atom stereocenters. The number of para-hydroxylation sites is 1. The molecule has 0 heterocycles. The summed E-state index contributed by atoms with van der Waals surface area (Å²) in [6.45, 7) is 1.94. The monoisotopic (exact) mass is 276 g/mol. The van der Waals surface area contributed by atoms with Crippen LogP contribution in [-0.2, 0) is 20.8 Å². The third kappa shape index (κ3) is 4.10. The second kappa shape index (κ2) is 6.13. The smallest absolute Gasteiger partial charge is 0.242 e. The summed E-state index contributed by atoms with van der Waals surface area (Å²) in [5.41, 5.74) is 5.79. The second-order valence-corrected chi connectivity index (χ2v) is 6.97. The molecule has 1 aromatic rings. The highest BCUT2D eigenvalue weighted by atomic mass is 32.2. The molecule has 0 saturated carbocycles. The Balaban J connectivity index is 2.70. The predicted octanol–water partition coefficient (Wildman–Crippen LogP) is 0.316. The van der Waals surface area contributed by atoms with Gasteiger partial charge in [-0.3, -0.25) is 4.21 Å². The summed E-state index contributed by atoms with van der Waals surface area (Å²) in [6.07, 6.45) is 0. The van der Waals surface area contributed by atoms with Gasteiger partial charge in [0.15, 0.2) is 0 Å². The molecule has 0 bridgehead atoms. The standard InChI is InChI=1S/C10H16N2O3S2/c1-2-16(13)8-7-12-17(14,15)10-6-4-3-5-9(10)11/h3-6,12H,2,7-8,11H2,1H3. The molecule has 96 valence electrons. The lowest BCUT2D eigenvalue weighted by Gasteiger charge is -2.08. The number of benzene rings is 1. The maximum absolute atomic E-state index is 11.8. The fourth-order valence-electron chi connectivity index (χ4n) is 1.24. The van der Waals surface area contributed by atoms with Crippen molar-refractivity contribution in [3.05, 3.63) is 24.3 Å². The molecule has 0 radical (unpaired) electrons. The van der Waals surface area contributed by atoms with Gasteiger partial charge in [-0.1, -0.05) is 19.1 Å². The zero-order valence-corrected chi connectivity index (χ0v) is 11.2. The highest BCUT2D eigenvalue weighted by molar-refractivity contribution is 7.89. The quantitative estimate of drug-likeness (QED) is 0.732. The average Bonchev–Trinajstić information content (AvgIpc) is 2.28. The van der Waals surface area contributed by atoms with E-state index in [1.165, 1.54) is 12.1 Å². The van der Waals surface area contributed by atoms with Gasteiger partial charge < -0.3 is 5.73 Å². The van der Waals surface area contributed by atoms with Gasteiger partial charge >= 0.3 is 0 Å². The van der Waals surface area contributed by atoms with Crippen molar-refractivity contribution in [3.8, 4) is 0 Å². The Bertz CT molecular complexity index is 500. The van der Waals surface area contributed by atoms with E-state index in [1.807, 2.05) is 0 Å². The molecule has 0 fully saturated rings. The third-order valence-electron chi connectivity index (χ3n) is 2.15. The molecule has 5 nitrogen and oxygen atoms in total. The van der Waals surface area contributed by atoms with Gasteiger partial charge in [0.2, 0.25) is 10.0 Å². The first-order chi connectivity index (χ1) is 7.97. The minimum absolute atomic E-state index is 0.0577. The van der Waals surface area contributed by atoms with Crippen LogP contribution >= 0.6 is 0 Å². The van der Waals surface area contributed by atoms with Crippen LogP contribution in [0.5, 0.6) is 0 Å². The maximum Gasteiger partial charge on any atom is 0.242 e. The Labute approximate surface area is 104 Å². The van der Waals surface area contributed by atoms with Gasteiger partial charge in [0, 0.05) is 28.9 Å². The molecule has 0 aliphatic rings. The van der Waals surface area contributed by atoms with Gasteiger partial charge in [-0.25, -0.2) is 13.1 Å². The molecule has 1 aromatic carbocycles. The van der Waals surface area contributed by atoms with Crippen LogP contribution in [-0.4, -0.2) is 30.7 Å². The van der Waals surface area contributed by atoms with Crippen LogP contribution in [0.4, 0.5) is 5.69 Å². The fraction of sp³-hybridized carbons (Fsp3) is 0.400. The van der Waals surface area contributed by atoms with Crippen molar-refractivity contribution in [2.45, 2.75) is 11.8 Å². The summed E-state index contributed by atoms with van der Waals surface area (Å²) in [7, 11) is -4.59. The van der Waals surface area contributed by atoms with Gasteiger partial charge in [0.1, 0.15) is 4.90 Å². The van der Waals surface area contributed by atoms with E-state index < -0.39 is 20.8 Å². The molecule has 17 heavy (non-hydrogen) atoms. The fourth-order valence-corrected chi connectivity index (χ4v) is 3.15. The zero-order valence-electron chi connectivity index (χ0n) is 9.55. The topological polar surface area (TPSA) is 89.3 Å². The number of sulfonamides is 1. The van der Waals surface area contributed by atoms with Crippen molar-refractivity contribution in [1.29, 1.82) is 0 Å². The SMILES string of the molecule is CCS(=O)CCNS(=O)(=O)c1ccccc1N. The Morgan fingerprint density at radius 2 is 2.00 bits per heavy atom. The Kier molecular flexibility index (Phi) is 5.10. The molecular formula is C10H16N2O3S2. The van der Waals surface area contributed by atoms with Crippen LogP contribution in [0.3, 0.4) is 0 Å². The molecule has 7 heteroatoms. The second-order valence-electron chi connectivity index (χ2n) is 3.37. The van der Waals surface area contributed by atoms with Gasteiger partial charge in [0.05, 0.1) is 5.69 Å². The minimum Gasteiger partial charge on any atom is -0.398 e. The molecule has 0 saturated heterocycles. The molecule has 0 aliphatic carbocycles. The third-order valence-corrected chi connectivity index (χ3v) is 4.99. The highest BCUT2D eigenvalue weighted by Crippen LogP contribution is 2.16. The van der Waals surface area contributed by atoms with Crippen molar-refractivity contribution in [2.24, 2.45) is 0 Å². The number of hydrogen-bond acceptors (Lipinski definition) is 4. The van der Waals surface area contributed by atoms with Gasteiger partial charge in [-0.15, -0.1) is 0 Å². The van der Waals surface area contributed by atoms with Crippen molar-refractivity contribution >= 4 is 26.5 Å². The van der Waals surface area contributed by atoms with Crippen molar-refractivity contribution < 1.29 is 12.6 Å². The molecule has 1 unspecified atom stereocenters. The van der Waals surface area contributed by atoms with E-state index in [0.717, 1.165) is 0 Å². The Hall–Kier alpha value is -0.920. The van der Waals surface area contributed by atoms with E-state index in [0.29, 0.717) is 11.5 Å². The number of nitrogens with two attached hydrogens (primary N) is 1. The number of nitrogen functional groups attached to an aromatic ring is 1. The van der Waals surface area contributed by atoms with Crippen LogP contribution in [0, 0.1) is 0 Å². The average molecular weight is 276 g/mol. The number of rotatable bonds is 6. The first kappa shape index (κ1) is 14.1. The van der Waals surface area contributed by atoms with E-state index in [9.17, 15) is 12.6 Å². The van der Waals surface area contributed by atoms with E-state index >= 15 is 0 Å². The number of anilines is 1. The summed E-state index contributed by atoms with van der Waals surface area (Å²) >= 11 is 0. The van der Waals surface area contributed by atoms with Crippen LogP contribution in [0.25, 0.3) is 0 Å². The number of hydrogen-bond donors (Lipinski definition) is 2. The van der Waals surface area contributed by atoms with E-state index in [4.69, 9.17) is 5.73 Å². The summed E-state index contributed by atoms with van der Waals surface area (Å²) in [4.78, 5) is 0.0577. The zero-order chi connectivity index (χ0) is 12.9. The summed E-state index contributed by atoms with van der Waals surface area (Å²) in [5.74, 6) is 0.831. The normalized spacial score (nSPS) is 13.5. The summed E-state index contributed by atoms with van der Waals surface area (Å²) in [6, 6.07) is 6.24. The molecule has 0 aromatic heterocycles. The Morgan fingerprint density at radius 3 is 2.59 bits per heavy atom. The minimum atomic E-state index is -3.60. The van der Waals surface area contributed by atoms with Crippen molar-refractivity contribution in [3.63, 3.8) is 0 Å². The molecular weight excluding hydrogens is 260 g/mol. The van der Waals surface area contributed by atoms with E-state index in [-0.39, 0.29) is 17.1 Å². The predicted molar refractivity (Wildman–Crippen MR) is 69.6 cm³/mol. The van der Waals surface area contributed by atoms with E-state index in [2.05, 4.69) is 4.72 Å². The Morgan fingerprint density at radius 1 is 1.35 bits per heavy atom. The summed E-state index contributed by atoms with van der Waals surface area (Å²) < 4.78 is 37.2. The van der Waals surface area contributed by atoms with Crippen LogP contribution in [0.15, 0.2) is 29.2 Å². The van der Waals surface area contributed by atoms with Gasteiger partial charge in [0.25, 0.3) is 0 Å². The lowest BCUT2D eigenvalue weighted by molar-refractivity contribution is 0.584. The molecule has 0 aliphatic heterocycles. The molecule has 0 spiro atoms.